The van der Waals surface area contributed by atoms with Gasteiger partial charge in [0, 0.05) is 30.2 Å². The van der Waals surface area contributed by atoms with E-state index in [4.69, 9.17) is 14.2 Å². The Bertz CT molecular complexity index is 557. The average molecular weight is 520 g/mol. The van der Waals surface area contributed by atoms with E-state index in [1.165, 1.54) is 0 Å². The van der Waals surface area contributed by atoms with E-state index in [2.05, 4.69) is 22.9 Å². The summed E-state index contributed by atoms with van der Waals surface area (Å²) in [4.78, 5) is 12.0. The third-order valence-electron chi connectivity index (χ3n) is 6.51. The van der Waals surface area contributed by atoms with Crippen molar-refractivity contribution in [2.75, 3.05) is 19.8 Å². The second-order valence-electron chi connectivity index (χ2n) is 9.18. The van der Waals surface area contributed by atoms with Crippen molar-refractivity contribution in [1.29, 1.82) is 0 Å². The number of rotatable bonds is 16. The Morgan fingerprint density at radius 2 is 1.94 bits per heavy atom. The number of hydrogen-bond donors (Lipinski definition) is 2. The molecule has 0 aromatic heterocycles. The lowest BCUT2D eigenvalue weighted by Gasteiger charge is -2.21. The van der Waals surface area contributed by atoms with Crippen molar-refractivity contribution in [1.82, 2.24) is 0 Å². The van der Waals surface area contributed by atoms with Gasteiger partial charge in [0.05, 0.1) is 31.0 Å². The second kappa shape index (κ2) is 15.4. The summed E-state index contributed by atoms with van der Waals surface area (Å²) in [6.45, 7) is 5.66. The maximum Gasteiger partial charge on any atom is 0.305 e. The molecule has 6 nitrogen and oxygen atoms in total. The van der Waals surface area contributed by atoms with Crippen LogP contribution in [-0.4, -0.2) is 65.2 Å². The van der Waals surface area contributed by atoms with E-state index in [0.29, 0.717) is 32.7 Å². The summed E-state index contributed by atoms with van der Waals surface area (Å²) in [6, 6.07) is 0. The van der Waals surface area contributed by atoms with Crippen molar-refractivity contribution in [3.8, 4) is 0 Å². The molecule has 2 fully saturated rings. The Morgan fingerprint density at radius 3 is 2.69 bits per heavy atom. The monoisotopic (exact) mass is 518 g/mol. The predicted molar refractivity (Wildman–Crippen MR) is 129 cm³/mol. The molecule has 0 amide bonds. The zero-order chi connectivity index (χ0) is 23.3. The number of carbonyl (C=O) groups excluding carboxylic acids is 1. The molecule has 1 aliphatic carbocycles. The topological polar surface area (TPSA) is 85.2 Å². The first-order valence-electron chi connectivity index (χ1n) is 12.5. The molecule has 0 aromatic carbocycles. The largest absolute Gasteiger partial charge is 0.463 e. The van der Waals surface area contributed by atoms with Crippen LogP contribution in [0.1, 0.15) is 78.1 Å². The number of fused-ring (bicyclic) bond motifs is 1. The quantitative estimate of drug-likeness (QED) is 0.135. The van der Waals surface area contributed by atoms with Crippen molar-refractivity contribution in [2.45, 2.75) is 107 Å². The number of carbonyl (C=O) groups is 1. The van der Waals surface area contributed by atoms with Crippen molar-refractivity contribution in [2.24, 2.45) is 11.8 Å². The number of esters is 1. The summed E-state index contributed by atoms with van der Waals surface area (Å²) < 4.78 is 16.8. The lowest BCUT2D eigenvalue weighted by atomic mass is 9.89. The Labute approximate surface area is 202 Å². The first-order chi connectivity index (χ1) is 15.5. The van der Waals surface area contributed by atoms with Gasteiger partial charge in [0.2, 0.25) is 0 Å². The summed E-state index contributed by atoms with van der Waals surface area (Å²) >= 11 is 3.76. The first kappa shape index (κ1) is 27.8. The molecular formula is C25H43BrO6. The average Bonchev–Trinajstić information content (AvgIpc) is 3.29. The van der Waals surface area contributed by atoms with Crippen LogP contribution in [0, 0.1) is 11.8 Å². The van der Waals surface area contributed by atoms with Crippen LogP contribution < -0.4 is 0 Å². The highest BCUT2D eigenvalue weighted by Gasteiger charge is 2.49. The lowest BCUT2D eigenvalue weighted by Crippen LogP contribution is -2.24. The zero-order valence-electron chi connectivity index (χ0n) is 19.8. The molecule has 0 radical (unpaired) electrons. The van der Waals surface area contributed by atoms with Gasteiger partial charge in [-0.05, 0) is 38.0 Å². The van der Waals surface area contributed by atoms with Crippen LogP contribution in [-0.2, 0) is 19.0 Å². The highest BCUT2D eigenvalue weighted by molar-refractivity contribution is 9.09. The van der Waals surface area contributed by atoms with Crippen LogP contribution >= 0.6 is 15.9 Å². The number of unbranched alkanes of at least 4 members (excludes halogenated alkanes) is 2. The molecule has 1 aliphatic heterocycles. The third-order valence-corrected chi connectivity index (χ3v) is 7.55. The van der Waals surface area contributed by atoms with Crippen LogP contribution in [0.4, 0.5) is 0 Å². The van der Waals surface area contributed by atoms with Crippen molar-refractivity contribution < 1.29 is 29.2 Å². The van der Waals surface area contributed by atoms with Crippen LogP contribution in [0.15, 0.2) is 12.2 Å². The molecule has 7 atom stereocenters. The second-order valence-corrected chi connectivity index (χ2v) is 10.4. The van der Waals surface area contributed by atoms with E-state index < -0.39 is 12.2 Å². The molecule has 2 N–H and O–H groups in total. The molecule has 186 valence electrons. The molecule has 0 spiro atoms. The molecule has 7 heteroatoms. The van der Waals surface area contributed by atoms with Crippen molar-refractivity contribution in [3.63, 3.8) is 0 Å². The maximum atomic E-state index is 11.8. The van der Waals surface area contributed by atoms with Gasteiger partial charge < -0.3 is 24.4 Å². The molecule has 32 heavy (non-hydrogen) atoms. The van der Waals surface area contributed by atoms with Crippen LogP contribution in [0.3, 0.4) is 0 Å². The number of hydrogen-bond acceptors (Lipinski definition) is 6. The van der Waals surface area contributed by atoms with Gasteiger partial charge in [0.15, 0.2) is 0 Å². The van der Waals surface area contributed by atoms with Crippen molar-refractivity contribution in [3.05, 3.63) is 12.2 Å². The minimum atomic E-state index is -0.437. The van der Waals surface area contributed by atoms with E-state index in [1.54, 1.807) is 0 Å². The van der Waals surface area contributed by atoms with Gasteiger partial charge in [0.25, 0.3) is 0 Å². The molecule has 0 aromatic rings. The zero-order valence-corrected chi connectivity index (χ0v) is 21.4. The molecular weight excluding hydrogens is 476 g/mol. The molecule has 1 heterocycles. The summed E-state index contributed by atoms with van der Waals surface area (Å²) in [5, 5.41) is 20.7. The normalized spacial score (nSPS) is 29.3. The van der Waals surface area contributed by atoms with Crippen LogP contribution in [0.25, 0.3) is 0 Å². The molecule has 2 rings (SSSR count). The standard InChI is InChI=1S/C25H43BrO6/c1-3-5-6-8-18(27)11-12-19-20-16-24(32-23(20)17-22(19)28)21(26)9-7-10-25(29)31-15-14-30-13-4-2/h11-12,18-24,27-28H,3-10,13-17H2,1-2H3/b12-11+/t18-,19+,20+,21?,22+,23-,24?/m0/s1. The van der Waals surface area contributed by atoms with Gasteiger partial charge in [0.1, 0.15) is 6.61 Å². The Hall–Kier alpha value is -0.470. The van der Waals surface area contributed by atoms with E-state index in [9.17, 15) is 15.0 Å². The Kier molecular flexibility index (Phi) is 13.4. The fourth-order valence-corrected chi connectivity index (χ4v) is 5.40. The molecule has 2 unspecified atom stereocenters. The summed E-state index contributed by atoms with van der Waals surface area (Å²) in [5.74, 6) is 0.137. The molecule has 1 saturated heterocycles. The number of aliphatic hydroxyl groups excluding tert-OH is 2. The number of aliphatic hydroxyl groups is 2. The fraction of sp³-hybridized carbons (Fsp3) is 0.880. The lowest BCUT2D eigenvalue weighted by molar-refractivity contribution is -0.145. The van der Waals surface area contributed by atoms with Gasteiger partial charge in [-0.1, -0.05) is 61.2 Å². The Balaban J connectivity index is 1.68. The molecule has 1 saturated carbocycles. The van der Waals surface area contributed by atoms with Crippen LogP contribution in [0.2, 0.25) is 0 Å². The SMILES string of the molecule is CCCCC[C@H](O)/C=C/[C@@H]1[C@H]2CC(C(Br)CCCC(=O)OCCOCCC)O[C@H]2C[C@H]1O. The summed E-state index contributed by atoms with van der Waals surface area (Å²) in [5.41, 5.74) is 0. The van der Waals surface area contributed by atoms with E-state index in [-0.39, 0.29) is 34.8 Å². The number of alkyl halides is 1. The van der Waals surface area contributed by atoms with Gasteiger partial charge in [-0.2, -0.15) is 0 Å². The minimum Gasteiger partial charge on any atom is -0.463 e. The van der Waals surface area contributed by atoms with E-state index in [0.717, 1.165) is 51.4 Å². The highest BCUT2D eigenvalue weighted by atomic mass is 79.9. The van der Waals surface area contributed by atoms with Gasteiger partial charge in [-0.15, -0.1) is 0 Å². The molecule has 2 aliphatic rings. The van der Waals surface area contributed by atoms with E-state index >= 15 is 0 Å². The fourth-order valence-electron chi connectivity index (χ4n) is 4.74. The van der Waals surface area contributed by atoms with Crippen LogP contribution in [0.5, 0.6) is 0 Å². The van der Waals surface area contributed by atoms with Gasteiger partial charge in [-0.3, -0.25) is 4.79 Å². The van der Waals surface area contributed by atoms with Gasteiger partial charge >= 0.3 is 5.97 Å². The summed E-state index contributed by atoms with van der Waals surface area (Å²) in [7, 11) is 0. The summed E-state index contributed by atoms with van der Waals surface area (Å²) in [6.07, 6.45) is 11.7. The van der Waals surface area contributed by atoms with E-state index in [1.807, 2.05) is 19.1 Å². The predicted octanol–water partition coefficient (Wildman–Crippen LogP) is 4.54. The third kappa shape index (κ3) is 9.41. The smallest absolute Gasteiger partial charge is 0.305 e. The first-order valence-corrected chi connectivity index (χ1v) is 13.4. The highest BCUT2D eigenvalue weighted by Crippen LogP contribution is 2.46. The van der Waals surface area contributed by atoms with Crippen molar-refractivity contribution >= 4 is 21.9 Å². The Morgan fingerprint density at radius 1 is 1.12 bits per heavy atom. The molecule has 0 bridgehead atoms. The van der Waals surface area contributed by atoms with Gasteiger partial charge in [-0.25, -0.2) is 0 Å². The number of ether oxygens (including phenoxy) is 3. The minimum absolute atomic E-state index is 0.0374. The maximum absolute atomic E-state index is 11.8. The number of halogens is 1.